The third-order valence-corrected chi connectivity index (χ3v) is 3.36. The topological polar surface area (TPSA) is 73.9 Å². The number of aromatic amines is 1. The molecule has 2 heterocycles. The molecule has 1 amide bonds. The second-order valence-corrected chi connectivity index (χ2v) is 4.78. The average Bonchev–Trinajstić information content (AvgIpc) is 2.87. The van der Waals surface area contributed by atoms with E-state index >= 15 is 0 Å². The maximum atomic E-state index is 12.2. The maximum absolute atomic E-state index is 12.2. The third-order valence-electron chi connectivity index (χ3n) is 3.36. The number of H-pyrrole nitrogens is 1. The van der Waals surface area contributed by atoms with Crippen LogP contribution in [0, 0.1) is 5.92 Å². The van der Waals surface area contributed by atoms with Gasteiger partial charge in [-0.1, -0.05) is 6.92 Å². The molecular formula is C12H21N5O. The summed E-state index contributed by atoms with van der Waals surface area (Å²) in [5.74, 6) is 1.56. The number of amides is 1. The monoisotopic (exact) mass is 251 g/mol. The first-order valence-electron chi connectivity index (χ1n) is 6.59. The van der Waals surface area contributed by atoms with Crippen LogP contribution in [0.15, 0.2) is 0 Å². The van der Waals surface area contributed by atoms with Crippen molar-refractivity contribution in [2.45, 2.75) is 26.2 Å². The number of hydrogen-bond acceptors (Lipinski definition) is 4. The van der Waals surface area contributed by atoms with Crippen LogP contribution in [-0.2, 0) is 6.42 Å². The summed E-state index contributed by atoms with van der Waals surface area (Å²) < 4.78 is 0. The van der Waals surface area contributed by atoms with Crippen LogP contribution in [0.4, 0.5) is 0 Å². The fraction of sp³-hybridized carbons (Fsp3) is 0.750. The number of piperidine rings is 1. The normalized spacial score (nSPS) is 20.1. The third kappa shape index (κ3) is 2.87. The molecule has 0 aromatic carbocycles. The number of nitrogens with zero attached hydrogens (tertiary/aromatic N) is 3. The van der Waals surface area contributed by atoms with Gasteiger partial charge in [-0.3, -0.25) is 9.89 Å². The van der Waals surface area contributed by atoms with Crippen molar-refractivity contribution in [3.05, 3.63) is 11.6 Å². The second-order valence-electron chi connectivity index (χ2n) is 4.78. The number of aromatic nitrogens is 3. The Bertz CT molecular complexity index is 401. The largest absolute Gasteiger partial charge is 0.336 e. The summed E-state index contributed by atoms with van der Waals surface area (Å²) in [4.78, 5) is 18.3. The van der Waals surface area contributed by atoms with Crippen molar-refractivity contribution >= 4 is 5.91 Å². The number of hydrogen-bond donors (Lipinski definition) is 2. The van der Waals surface area contributed by atoms with Crippen LogP contribution >= 0.6 is 0 Å². The number of rotatable bonds is 4. The highest BCUT2D eigenvalue weighted by molar-refractivity contribution is 5.90. The van der Waals surface area contributed by atoms with Crippen molar-refractivity contribution in [3.8, 4) is 0 Å². The van der Waals surface area contributed by atoms with E-state index in [2.05, 4.69) is 20.5 Å². The van der Waals surface area contributed by atoms with Gasteiger partial charge >= 0.3 is 0 Å². The van der Waals surface area contributed by atoms with Crippen LogP contribution < -0.4 is 5.32 Å². The quantitative estimate of drug-likeness (QED) is 0.814. The van der Waals surface area contributed by atoms with Gasteiger partial charge in [0.25, 0.3) is 5.91 Å². The molecular weight excluding hydrogens is 230 g/mol. The van der Waals surface area contributed by atoms with Crippen molar-refractivity contribution in [1.29, 1.82) is 0 Å². The molecule has 1 unspecified atom stereocenters. The first-order chi connectivity index (χ1) is 8.74. The van der Waals surface area contributed by atoms with Gasteiger partial charge in [-0.2, -0.15) is 0 Å². The Morgan fingerprint density at radius 1 is 1.61 bits per heavy atom. The van der Waals surface area contributed by atoms with Crippen LogP contribution in [0.1, 0.15) is 36.2 Å². The Morgan fingerprint density at radius 3 is 3.11 bits per heavy atom. The summed E-state index contributed by atoms with van der Waals surface area (Å²) in [7, 11) is 1.95. The van der Waals surface area contributed by atoms with Crippen LogP contribution in [0.2, 0.25) is 0 Å². The molecule has 1 aromatic heterocycles. The minimum atomic E-state index is -0.0493. The van der Waals surface area contributed by atoms with E-state index in [9.17, 15) is 4.79 Å². The van der Waals surface area contributed by atoms with Gasteiger partial charge in [-0.05, 0) is 32.4 Å². The molecule has 1 aliphatic rings. The standard InChI is InChI=1S/C12H21N5O/c1-3-10-14-11(16-15-10)12(18)17-6-4-5-9(8-17)7-13-2/h9,13H,3-8H2,1-2H3,(H,14,15,16). The summed E-state index contributed by atoms with van der Waals surface area (Å²) >= 11 is 0. The van der Waals surface area contributed by atoms with Crippen molar-refractivity contribution < 1.29 is 4.79 Å². The molecule has 6 nitrogen and oxygen atoms in total. The predicted molar refractivity (Wildman–Crippen MR) is 68.3 cm³/mol. The van der Waals surface area contributed by atoms with Crippen LogP contribution in [0.5, 0.6) is 0 Å². The van der Waals surface area contributed by atoms with Crippen LogP contribution in [0.3, 0.4) is 0 Å². The molecule has 1 aliphatic heterocycles. The lowest BCUT2D eigenvalue weighted by Gasteiger charge is -2.31. The van der Waals surface area contributed by atoms with Crippen molar-refractivity contribution in [1.82, 2.24) is 25.4 Å². The molecule has 1 fully saturated rings. The highest BCUT2D eigenvalue weighted by atomic mass is 16.2. The fourth-order valence-corrected chi connectivity index (χ4v) is 2.40. The minimum Gasteiger partial charge on any atom is -0.336 e. The predicted octanol–water partition coefficient (Wildman–Crippen LogP) is 0.439. The number of carbonyl (C=O) groups excluding carboxylic acids is 1. The smallest absolute Gasteiger partial charge is 0.293 e. The Hall–Kier alpha value is -1.43. The number of nitrogens with one attached hydrogen (secondary N) is 2. The summed E-state index contributed by atoms with van der Waals surface area (Å²) in [6.07, 6.45) is 3.00. The zero-order valence-electron chi connectivity index (χ0n) is 11.1. The van der Waals surface area contributed by atoms with Gasteiger partial charge in [-0.25, -0.2) is 4.98 Å². The molecule has 1 saturated heterocycles. The van der Waals surface area contributed by atoms with E-state index in [0.29, 0.717) is 11.7 Å². The minimum absolute atomic E-state index is 0.0493. The fourth-order valence-electron chi connectivity index (χ4n) is 2.40. The highest BCUT2D eigenvalue weighted by Crippen LogP contribution is 2.17. The molecule has 6 heteroatoms. The van der Waals surface area contributed by atoms with Crippen LogP contribution in [-0.4, -0.2) is 52.7 Å². The van der Waals surface area contributed by atoms with Gasteiger partial charge in [0.05, 0.1) is 0 Å². The SMILES string of the molecule is CCc1nc(C(=O)N2CCCC(CNC)C2)n[nH]1. The first-order valence-corrected chi connectivity index (χ1v) is 6.59. The van der Waals surface area contributed by atoms with Crippen LogP contribution in [0.25, 0.3) is 0 Å². The Morgan fingerprint density at radius 2 is 2.44 bits per heavy atom. The molecule has 1 atom stereocenters. The Balaban J connectivity index is 1.99. The Labute approximate surface area is 107 Å². The van der Waals surface area contributed by atoms with E-state index in [1.165, 1.54) is 6.42 Å². The highest BCUT2D eigenvalue weighted by Gasteiger charge is 2.26. The summed E-state index contributed by atoms with van der Waals surface area (Å²) in [5.41, 5.74) is 0. The summed E-state index contributed by atoms with van der Waals surface area (Å²) in [6.45, 7) is 4.56. The van der Waals surface area contributed by atoms with E-state index in [1.54, 1.807) is 0 Å². The molecule has 0 radical (unpaired) electrons. The lowest BCUT2D eigenvalue weighted by molar-refractivity contribution is 0.0662. The Kier molecular flexibility index (Phi) is 4.30. The first kappa shape index (κ1) is 13.0. The van der Waals surface area contributed by atoms with E-state index in [0.717, 1.165) is 38.3 Å². The van der Waals surface area contributed by atoms with E-state index in [1.807, 2.05) is 18.9 Å². The van der Waals surface area contributed by atoms with E-state index in [-0.39, 0.29) is 5.91 Å². The maximum Gasteiger partial charge on any atom is 0.293 e. The molecule has 1 aromatic rings. The number of carbonyl (C=O) groups is 1. The van der Waals surface area contributed by atoms with Gasteiger partial charge < -0.3 is 10.2 Å². The van der Waals surface area contributed by atoms with E-state index < -0.39 is 0 Å². The molecule has 0 bridgehead atoms. The second kappa shape index (κ2) is 5.95. The number of aryl methyl sites for hydroxylation is 1. The lowest BCUT2D eigenvalue weighted by atomic mass is 9.98. The van der Waals surface area contributed by atoms with Crippen molar-refractivity contribution in [2.24, 2.45) is 5.92 Å². The van der Waals surface area contributed by atoms with Gasteiger partial charge in [-0.15, -0.1) is 5.10 Å². The lowest BCUT2D eigenvalue weighted by Crippen LogP contribution is -2.42. The van der Waals surface area contributed by atoms with Gasteiger partial charge in [0.2, 0.25) is 5.82 Å². The summed E-state index contributed by atoms with van der Waals surface area (Å²) in [6, 6.07) is 0. The molecule has 0 spiro atoms. The molecule has 2 N–H and O–H groups in total. The zero-order valence-corrected chi connectivity index (χ0v) is 11.1. The van der Waals surface area contributed by atoms with Gasteiger partial charge in [0.15, 0.2) is 0 Å². The average molecular weight is 251 g/mol. The van der Waals surface area contributed by atoms with Crippen molar-refractivity contribution in [2.75, 3.05) is 26.7 Å². The molecule has 2 rings (SSSR count). The summed E-state index contributed by atoms with van der Waals surface area (Å²) in [5, 5.41) is 9.96. The van der Waals surface area contributed by atoms with Crippen molar-refractivity contribution in [3.63, 3.8) is 0 Å². The van der Waals surface area contributed by atoms with E-state index in [4.69, 9.17) is 0 Å². The molecule has 100 valence electrons. The molecule has 18 heavy (non-hydrogen) atoms. The zero-order chi connectivity index (χ0) is 13.0. The van der Waals surface area contributed by atoms with Gasteiger partial charge in [0, 0.05) is 19.5 Å². The van der Waals surface area contributed by atoms with Gasteiger partial charge in [0.1, 0.15) is 5.82 Å². The number of likely N-dealkylation sites (tertiary alicyclic amines) is 1. The molecule has 0 aliphatic carbocycles. The molecule has 0 saturated carbocycles.